The van der Waals surface area contributed by atoms with Gasteiger partial charge in [0.2, 0.25) is 0 Å². The average Bonchev–Trinajstić information content (AvgIpc) is 2.95. The van der Waals surface area contributed by atoms with Gasteiger partial charge in [0.1, 0.15) is 5.69 Å². The lowest BCUT2D eigenvalue weighted by molar-refractivity contribution is -0.137. The van der Waals surface area contributed by atoms with Crippen LogP contribution in [0.1, 0.15) is 44.6 Å². The van der Waals surface area contributed by atoms with Gasteiger partial charge in [0.25, 0.3) is 5.91 Å². The number of hydrogen-bond donors (Lipinski definition) is 2. The number of esters is 2. The van der Waals surface area contributed by atoms with Crippen molar-refractivity contribution in [3.8, 4) is 0 Å². The summed E-state index contributed by atoms with van der Waals surface area (Å²) in [4.78, 5) is 39.0. The van der Waals surface area contributed by atoms with Crippen LogP contribution < -0.4 is 5.32 Å². The molecule has 0 spiro atoms. The summed E-state index contributed by atoms with van der Waals surface area (Å²) in [7, 11) is 0. The van der Waals surface area contributed by atoms with Crippen LogP contribution in [0.4, 0.5) is 18.9 Å². The maximum atomic E-state index is 13.1. The Morgan fingerprint density at radius 3 is 2.40 bits per heavy atom. The second-order valence-electron chi connectivity index (χ2n) is 6.13. The number of para-hydroxylation sites is 1. The number of rotatable bonds is 6. The lowest BCUT2D eigenvalue weighted by Crippen LogP contribution is -2.23. The molecule has 0 aliphatic heterocycles. The Bertz CT molecular complexity index is 985. The van der Waals surface area contributed by atoms with Crippen molar-refractivity contribution in [3.63, 3.8) is 0 Å². The Morgan fingerprint density at radius 1 is 1.13 bits per heavy atom. The molecule has 2 N–H and O–H groups in total. The lowest BCUT2D eigenvalue weighted by atomic mass is 10.1. The summed E-state index contributed by atoms with van der Waals surface area (Å²) in [5, 5.41) is 1.69. The number of H-pyrrole nitrogens is 1. The van der Waals surface area contributed by atoms with E-state index in [-0.39, 0.29) is 28.5 Å². The molecule has 0 fully saturated rings. The van der Waals surface area contributed by atoms with E-state index < -0.39 is 41.9 Å². The van der Waals surface area contributed by atoms with Crippen LogP contribution in [0, 0.1) is 13.8 Å². The number of carbonyl (C=O) groups is 3. The predicted octanol–water partition coefficient (Wildman–Crippen LogP) is 4.28. The van der Waals surface area contributed by atoms with E-state index in [1.165, 1.54) is 19.9 Å². The van der Waals surface area contributed by atoms with E-state index in [4.69, 9.17) is 21.1 Å². The van der Waals surface area contributed by atoms with Crippen LogP contribution in [-0.4, -0.2) is 36.0 Å². The fraction of sp³-hybridized carbons (Fsp3) is 0.316. The van der Waals surface area contributed by atoms with Crippen LogP contribution >= 0.6 is 11.6 Å². The molecule has 1 aromatic heterocycles. The van der Waals surface area contributed by atoms with Crippen molar-refractivity contribution < 1.29 is 37.0 Å². The standard InChI is InChI=1S/C19H18ClF3N2O5/c1-4-29-18(28)15-9(2)14(10(3)24-15)17(27)30-8-13(26)25-16-11(19(21,22)23)6-5-7-12(16)20/h5-7,24H,4,8H2,1-3H3,(H,25,26). The third-order valence-electron chi connectivity index (χ3n) is 4.04. The number of ether oxygens (including phenoxy) is 2. The van der Waals surface area contributed by atoms with Crippen LogP contribution in [0.5, 0.6) is 0 Å². The molecule has 0 atom stereocenters. The normalized spacial score (nSPS) is 11.2. The fourth-order valence-electron chi connectivity index (χ4n) is 2.73. The van der Waals surface area contributed by atoms with Gasteiger partial charge in [0, 0.05) is 5.69 Å². The quantitative estimate of drug-likeness (QED) is 0.646. The summed E-state index contributed by atoms with van der Waals surface area (Å²) in [6.07, 6.45) is -4.74. The van der Waals surface area contributed by atoms with E-state index in [1.807, 2.05) is 5.32 Å². The van der Waals surface area contributed by atoms with E-state index in [9.17, 15) is 27.6 Å². The molecule has 30 heavy (non-hydrogen) atoms. The van der Waals surface area contributed by atoms with Crippen molar-refractivity contribution >= 4 is 35.1 Å². The van der Waals surface area contributed by atoms with Crippen LogP contribution in [0.25, 0.3) is 0 Å². The fourth-order valence-corrected chi connectivity index (χ4v) is 2.95. The maximum absolute atomic E-state index is 13.1. The molecule has 0 saturated carbocycles. The highest BCUT2D eigenvalue weighted by atomic mass is 35.5. The molecule has 0 aliphatic rings. The molecule has 2 rings (SSSR count). The number of anilines is 1. The monoisotopic (exact) mass is 446 g/mol. The van der Waals surface area contributed by atoms with E-state index >= 15 is 0 Å². The van der Waals surface area contributed by atoms with Gasteiger partial charge in [-0.1, -0.05) is 17.7 Å². The van der Waals surface area contributed by atoms with Gasteiger partial charge in [-0.2, -0.15) is 13.2 Å². The zero-order chi connectivity index (χ0) is 22.6. The van der Waals surface area contributed by atoms with Gasteiger partial charge in [-0.3, -0.25) is 4.79 Å². The highest BCUT2D eigenvalue weighted by Crippen LogP contribution is 2.38. The number of aromatic nitrogens is 1. The van der Waals surface area contributed by atoms with Gasteiger partial charge in [-0.15, -0.1) is 0 Å². The molecule has 11 heteroatoms. The highest BCUT2D eigenvalue weighted by molar-refractivity contribution is 6.34. The van der Waals surface area contributed by atoms with Crippen molar-refractivity contribution in [3.05, 3.63) is 51.3 Å². The van der Waals surface area contributed by atoms with Crippen molar-refractivity contribution in [2.75, 3.05) is 18.5 Å². The molecule has 0 unspecified atom stereocenters. The molecule has 1 amide bonds. The number of benzene rings is 1. The molecule has 162 valence electrons. The molecule has 0 aliphatic carbocycles. The first-order valence-corrected chi connectivity index (χ1v) is 9.04. The number of amides is 1. The first-order chi connectivity index (χ1) is 14.0. The summed E-state index contributed by atoms with van der Waals surface area (Å²) < 4.78 is 49.0. The van der Waals surface area contributed by atoms with Crippen molar-refractivity contribution in [1.29, 1.82) is 0 Å². The topological polar surface area (TPSA) is 97.5 Å². The van der Waals surface area contributed by atoms with Gasteiger partial charge in [-0.25, -0.2) is 9.59 Å². The SMILES string of the molecule is CCOC(=O)c1[nH]c(C)c(C(=O)OCC(=O)Nc2c(Cl)cccc2C(F)(F)F)c1C. The molecule has 7 nitrogen and oxygen atoms in total. The van der Waals surface area contributed by atoms with Gasteiger partial charge < -0.3 is 19.8 Å². The first-order valence-electron chi connectivity index (χ1n) is 8.66. The largest absolute Gasteiger partial charge is 0.461 e. The zero-order valence-electron chi connectivity index (χ0n) is 16.2. The van der Waals surface area contributed by atoms with E-state index in [0.29, 0.717) is 5.69 Å². The number of nitrogens with one attached hydrogen (secondary N) is 2. The minimum Gasteiger partial charge on any atom is -0.461 e. The third-order valence-corrected chi connectivity index (χ3v) is 4.35. The molecule has 0 radical (unpaired) electrons. The predicted molar refractivity (Wildman–Crippen MR) is 102 cm³/mol. The highest BCUT2D eigenvalue weighted by Gasteiger charge is 2.35. The zero-order valence-corrected chi connectivity index (χ0v) is 17.0. The summed E-state index contributed by atoms with van der Waals surface area (Å²) >= 11 is 5.77. The van der Waals surface area contributed by atoms with Gasteiger partial charge in [-0.05, 0) is 38.5 Å². The molecule has 2 aromatic rings. The van der Waals surface area contributed by atoms with E-state index in [0.717, 1.165) is 12.1 Å². The Hall–Kier alpha value is -3.01. The number of aromatic amines is 1. The molecule has 1 aromatic carbocycles. The first kappa shape index (κ1) is 23.3. The summed E-state index contributed by atoms with van der Waals surface area (Å²) in [5.74, 6) is -2.60. The Balaban J connectivity index is 2.12. The van der Waals surface area contributed by atoms with Crippen LogP contribution in [-0.2, 0) is 20.4 Å². The van der Waals surface area contributed by atoms with Crippen LogP contribution in [0.15, 0.2) is 18.2 Å². The van der Waals surface area contributed by atoms with Crippen LogP contribution in [0.2, 0.25) is 5.02 Å². The van der Waals surface area contributed by atoms with Gasteiger partial charge in [0.15, 0.2) is 6.61 Å². The maximum Gasteiger partial charge on any atom is 0.418 e. The average molecular weight is 447 g/mol. The molecular weight excluding hydrogens is 429 g/mol. The molecule has 1 heterocycles. The van der Waals surface area contributed by atoms with Crippen LogP contribution in [0.3, 0.4) is 0 Å². The number of alkyl halides is 3. The van der Waals surface area contributed by atoms with Crippen molar-refractivity contribution in [2.45, 2.75) is 26.9 Å². The lowest BCUT2D eigenvalue weighted by Gasteiger charge is -2.15. The second kappa shape index (κ2) is 9.21. The van der Waals surface area contributed by atoms with Gasteiger partial charge >= 0.3 is 18.1 Å². The van der Waals surface area contributed by atoms with Gasteiger partial charge in [0.05, 0.1) is 28.4 Å². The molecule has 0 saturated heterocycles. The van der Waals surface area contributed by atoms with E-state index in [2.05, 4.69) is 4.98 Å². The smallest absolute Gasteiger partial charge is 0.418 e. The minimum absolute atomic E-state index is 0.0274. The third kappa shape index (κ3) is 5.12. The summed E-state index contributed by atoms with van der Waals surface area (Å²) in [6, 6.07) is 3.04. The number of aryl methyl sites for hydroxylation is 1. The Kier molecular flexibility index (Phi) is 7.14. The Morgan fingerprint density at radius 2 is 1.80 bits per heavy atom. The summed E-state index contributed by atoms with van der Waals surface area (Å²) in [6.45, 7) is 3.91. The molecule has 0 bridgehead atoms. The van der Waals surface area contributed by atoms with Crippen molar-refractivity contribution in [2.24, 2.45) is 0 Å². The number of carbonyl (C=O) groups excluding carboxylic acids is 3. The summed E-state index contributed by atoms with van der Waals surface area (Å²) in [5.41, 5.74) is -1.10. The Labute approximate surface area is 174 Å². The second-order valence-corrected chi connectivity index (χ2v) is 6.54. The van der Waals surface area contributed by atoms with Crippen molar-refractivity contribution in [1.82, 2.24) is 4.98 Å². The minimum atomic E-state index is -4.74. The van der Waals surface area contributed by atoms with E-state index in [1.54, 1.807) is 6.92 Å². The molecular formula is C19H18ClF3N2O5. The number of hydrogen-bond acceptors (Lipinski definition) is 5. The number of halogens is 4.